The monoisotopic (exact) mass is 216 g/mol. The van der Waals surface area contributed by atoms with Crippen LogP contribution in [0.15, 0.2) is 0 Å². The summed E-state index contributed by atoms with van der Waals surface area (Å²) in [6.07, 6.45) is -0.178. The van der Waals surface area contributed by atoms with Crippen LogP contribution in [0.3, 0.4) is 0 Å². The maximum Gasteiger partial charge on any atom is 0.410 e. The van der Waals surface area contributed by atoms with Crippen LogP contribution in [0.4, 0.5) is 4.79 Å². The van der Waals surface area contributed by atoms with Crippen molar-refractivity contribution in [1.29, 1.82) is 0 Å². The highest BCUT2D eigenvalue weighted by atomic mass is 16.6. The van der Waals surface area contributed by atoms with Crippen molar-refractivity contribution in [2.45, 2.75) is 33.7 Å². The van der Waals surface area contributed by atoms with E-state index in [1.165, 1.54) is 0 Å². The lowest BCUT2D eigenvalue weighted by Crippen LogP contribution is -2.52. The molecule has 1 aliphatic heterocycles. The molecule has 0 saturated carbocycles. The van der Waals surface area contributed by atoms with E-state index in [1.807, 2.05) is 27.7 Å². The summed E-state index contributed by atoms with van der Waals surface area (Å²) in [5, 5.41) is 0. The number of ether oxygens (including phenoxy) is 1. The van der Waals surface area contributed by atoms with E-state index in [9.17, 15) is 4.79 Å². The van der Waals surface area contributed by atoms with E-state index >= 15 is 0 Å². The molecule has 0 spiro atoms. The van der Waals surface area contributed by atoms with Gasteiger partial charge >= 0.3 is 6.09 Å². The van der Waals surface area contributed by atoms with Crippen molar-refractivity contribution >= 4 is 6.09 Å². The smallest absolute Gasteiger partial charge is 0.410 e. The zero-order valence-electron chi connectivity index (χ0n) is 10.6. The second-order valence-electron chi connectivity index (χ2n) is 3.50. The predicted octanol–water partition coefficient (Wildman–Crippen LogP) is 1.81. The quantitative estimate of drug-likeness (QED) is 0.670. The fourth-order valence-corrected chi connectivity index (χ4v) is 1.62. The van der Waals surface area contributed by atoms with Crippen LogP contribution >= 0.6 is 0 Å². The molecule has 0 aromatic heterocycles. The Morgan fingerprint density at radius 1 is 1.40 bits per heavy atom. The number of carbonyl (C=O) groups excluding carboxylic acids is 1. The molecule has 1 amide bonds. The number of hydrogen-bond donors (Lipinski definition) is 0. The average molecular weight is 216 g/mol. The maximum atomic E-state index is 11.4. The molecule has 0 N–H and O–H groups in total. The van der Waals surface area contributed by atoms with Gasteiger partial charge in [-0.15, -0.1) is 0 Å². The van der Waals surface area contributed by atoms with Crippen LogP contribution in [0.2, 0.25) is 0 Å². The molecule has 1 fully saturated rings. The van der Waals surface area contributed by atoms with Gasteiger partial charge in [-0.2, -0.15) is 0 Å². The Hall–Kier alpha value is -0.770. The number of hydrogen-bond acceptors (Lipinski definition) is 3. The highest BCUT2D eigenvalue weighted by molar-refractivity contribution is 5.68. The molecular formula is C11H24N2O2. The van der Waals surface area contributed by atoms with Gasteiger partial charge in [0.25, 0.3) is 0 Å². The van der Waals surface area contributed by atoms with Crippen LogP contribution in [0.1, 0.15) is 27.7 Å². The molecule has 1 atom stereocenters. The molecule has 0 aromatic carbocycles. The SMILES string of the molecule is CC.CCOC(=O)N1CCN(C)CC1C. The number of nitrogens with zero attached hydrogens (tertiary/aromatic N) is 2. The third kappa shape index (κ3) is 4.51. The molecule has 4 nitrogen and oxygen atoms in total. The largest absolute Gasteiger partial charge is 0.450 e. The third-order valence-corrected chi connectivity index (χ3v) is 2.33. The molecule has 4 heteroatoms. The first-order chi connectivity index (χ1) is 7.15. The average Bonchev–Trinajstić information content (AvgIpc) is 2.21. The van der Waals surface area contributed by atoms with Crippen LogP contribution in [0.5, 0.6) is 0 Å². The predicted molar refractivity (Wildman–Crippen MR) is 62.0 cm³/mol. The van der Waals surface area contributed by atoms with Crippen molar-refractivity contribution in [3.8, 4) is 0 Å². The van der Waals surface area contributed by atoms with Gasteiger partial charge in [0.05, 0.1) is 6.61 Å². The fourth-order valence-electron chi connectivity index (χ4n) is 1.62. The molecule has 1 unspecified atom stereocenters. The van der Waals surface area contributed by atoms with Gasteiger partial charge in [-0.1, -0.05) is 13.8 Å². The van der Waals surface area contributed by atoms with E-state index in [-0.39, 0.29) is 12.1 Å². The zero-order valence-corrected chi connectivity index (χ0v) is 10.6. The van der Waals surface area contributed by atoms with Gasteiger partial charge in [-0.25, -0.2) is 4.79 Å². The number of piperazine rings is 1. The first-order valence-corrected chi connectivity index (χ1v) is 5.77. The molecule has 0 bridgehead atoms. The number of likely N-dealkylation sites (N-methyl/N-ethyl adjacent to an activating group) is 1. The summed E-state index contributed by atoms with van der Waals surface area (Å²) in [6.45, 7) is 11.0. The normalized spacial score (nSPS) is 21.7. The lowest BCUT2D eigenvalue weighted by molar-refractivity contribution is 0.0616. The first-order valence-electron chi connectivity index (χ1n) is 5.77. The summed E-state index contributed by atoms with van der Waals surface area (Å²) in [5.41, 5.74) is 0. The summed E-state index contributed by atoms with van der Waals surface area (Å²) >= 11 is 0. The molecule has 0 radical (unpaired) electrons. The number of amides is 1. The molecule has 1 rings (SSSR count). The molecule has 0 aliphatic carbocycles. The molecule has 15 heavy (non-hydrogen) atoms. The van der Waals surface area contributed by atoms with E-state index in [2.05, 4.69) is 11.9 Å². The van der Waals surface area contributed by atoms with E-state index in [0.29, 0.717) is 6.61 Å². The van der Waals surface area contributed by atoms with E-state index in [4.69, 9.17) is 4.74 Å². The Morgan fingerprint density at radius 3 is 2.47 bits per heavy atom. The maximum absolute atomic E-state index is 11.4. The van der Waals surface area contributed by atoms with Crippen LogP contribution < -0.4 is 0 Å². The van der Waals surface area contributed by atoms with Crippen molar-refractivity contribution in [3.05, 3.63) is 0 Å². The third-order valence-electron chi connectivity index (χ3n) is 2.33. The van der Waals surface area contributed by atoms with Gasteiger partial charge in [-0.3, -0.25) is 0 Å². The summed E-state index contributed by atoms with van der Waals surface area (Å²) in [5.74, 6) is 0. The summed E-state index contributed by atoms with van der Waals surface area (Å²) in [6, 6.07) is 0.262. The lowest BCUT2D eigenvalue weighted by Gasteiger charge is -2.37. The van der Waals surface area contributed by atoms with Crippen LogP contribution in [-0.4, -0.2) is 55.2 Å². The molecule has 0 aromatic rings. The number of rotatable bonds is 1. The van der Waals surface area contributed by atoms with E-state index in [1.54, 1.807) is 4.90 Å². The van der Waals surface area contributed by atoms with Gasteiger partial charge < -0.3 is 14.5 Å². The molecule has 1 saturated heterocycles. The molecule has 1 heterocycles. The lowest BCUT2D eigenvalue weighted by atomic mass is 10.2. The molecule has 90 valence electrons. The van der Waals surface area contributed by atoms with Crippen molar-refractivity contribution < 1.29 is 9.53 Å². The Balaban J connectivity index is 0.000000921. The summed E-state index contributed by atoms with van der Waals surface area (Å²) in [7, 11) is 2.07. The first kappa shape index (κ1) is 14.2. The van der Waals surface area contributed by atoms with Crippen molar-refractivity contribution in [3.63, 3.8) is 0 Å². The minimum Gasteiger partial charge on any atom is -0.450 e. The minimum absolute atomic E-state index is 0.178. The van der Waals surface area contributed by atoms with Crippen molar-refractivity contribution in [2.75, 3.05) is 33.3 Å². The fraction of sp³-hybridized carbons (Fsp3) is 0.909. The topological polar surface area (TPSA) is 32.8 Å². The van der Waals surface area contributed by atoms with E-state index < -0.39 is 0 Å². The van der Waals surface area contributed by atoms with Crippen molar-refractivity contribution in [1.82, 2.24) is 9.80 Å². The highest BCUT2D eigenvalue weighted by Crippen LogP contribution is 2.08. The highest BCUT2D eigenvalue weighted by Gasteiger charge is 2.26. The Kier molecular flexibility index (Phi) is 7.13. The minimum atomic E-state index is -0.178. The van der Waals surface area contributed by atoms with Gasteiger partial charge in [-0.05, 0) is 20.9 Å². The van der Waals surface area contributed by atoms with Crippen LogP contribution in [0, 0.1) is 0 Å². The Labute approximate surface area is 93.2 Å². The molecule has 1 aliphatic rings. The zero-order chi connectivity index (χ0) is 11.8. The van der Waals surface area contributed by atoms with Gasteiger partial charge in [0, 0.05) is 25.7 Å². The number of carbonyl (C=O) groups is 1. The molecular weight excluding hydrogens is 192 g/mol. The van der Waals surface area contributed by atoms with Crippen molar-refractivity contribution in [2.24, 2.45) is 0 Å². The van der Waals surface area contributed by atoms with Gasteiger partial charge in [0.15, 0.2) is 0 Å². The second-order valence-corrected chi connectivity index (χ2v) is 3.50. The van der Waals surface area contributed by atoms with E-state index in [0.717, 1.165) is 19.6 Å². The van der Waals surface area contributed by atoms with Gasteiger partial charge in [0.2, 0.25) is 0 Å². The van der Waals surface area contributed by atoms with Crippen LogP contribution in [-0.2, 0) is 4.74 Å². The second kappa shape index (κ2) is 7.51. The Bertz CT molecular complexity index is 185. The van der Waals surface area contributed by atoms with Gasteiger partial charge in [0.1, 0.15) is 0 Å². The Morgan fingerprint density at radius 2 is 2.00 bits per heavy atom. The summed E-state index contributed by atoms with van der Waals surface area (Å²) in [4.78, 5) is 15.4. The summed E-state index contributed by atoms with van der Waals surface area (Å²) < 4.78 is 4.96. The van der Waals surface area contributed by atoms with Crippen LogP contribution in [0.25, 0.3) is 0 Å². The standard InChI is InChI=1S/C9H18N2O2.C2H6/c1-4-13-9(12)11-6-5-10(3)7-8(11)2;1-2/h8H,4-7H2,1-3H3;1-2H3.